The van der Waals surface area contributed by atoms with E-state index in [-0.39, 0.29) is 31.3 Å². The van der Waals surface area contributed by atoms with Crippen LogP contribution in [0.3, 0.4) is 0 Å². The lowest BCUT2D eigenvalue weighted by Gasteiger charge is -2.30. The Balaban J connectivity index is 2.17. The fraction of sp³-hybridized carbons (Fsp3) is 0.556. The molecule has 0 radical (unpaired) electrons. The average molecular weight is 383 g/mol. The minimum atomic E-state index is -1.03. The normalized spacial score (nSPS) is 15.2. The molecule has 9 heteroatoms. The summed E-state index contributed by atoms with van der Waals surface area (Å²) in [7, 11) is 0. The van der Waals surface area contributed by atoms with Gasteiger partial charge in [-0.1, -0.05) is 0 Å². The van der Waals surface area contributed by atoms with Gasteiger partial charge in [0.15, 0.2) is 0 Å². The Bertz CT molecular complexity index is 652. The van der Waals surface area contributed by atoms with E-state index < -0.39 is 18.0 Å². The first-order valence-electron chi connectivity index (χ1n) is 8.91. The summed E-state index contributed by atoms with van der Waals surface area (Å²) in [5.74, 6) is -0.766. The van der Waals surface area contributed by atoms with E-state index >= 15 is 0 Å². The Morgan fingerprint density at radius 3 is 2.70 bits per heavy atom. The van der Waals surface area contributed by atoms with Crippen LogP contribution in [0.15, 0.2) is 18.2 Å². The van der Waals surface area contributed by atoms with Crippen molar-refractivity contribution in [2.45, 2.75) is 20.0 Å². The predicted molar refractivity (Wildman–Crippen MR) is 98.5 cm³/mol. The molecule has 1 heterocycles. The van der Waals surface area contributed by atoms with Crippen molar-refractivity contribution in [3.8, 4) is 0 Å². The molecule has 0 bridgehead atoms. The van der Waals surface area contributed by atoms with E-state index in [0.717, 1.165) is 4.90 Å². The van der Waals surface area contributed by atoms with Crippen LogP contribution in [0.2, 0.25) is 0 Å². The fourth-order valence-electron chi connectivity index (χ4n) is 2.75. The summed E-state index contributed by atoms with van der Waals surface area (Å²) >= 11 is 0. The molecule has 1 aliphatic heterocycles. The lowest BCUT2D eigenvalue weighted by molar-refractivity contribution is -0.119. The van der Waals surface area contributed by atoms with Gasteiger partial charge in [-0.2, -0.15) is 0 Å². The van der Waals surface area contributed by atoms with Gasteiger partial charge in [-0.3, -0.25) is 9.69 Å². The van der Waals surface area contributed by atoms with Crippen molar-refractivity contribution in [2.75, 3.05) is 55.8 Å². The van der Waals surface area contributed by atoms with Crippen LogP contribution in [-0.4, -0.2) is 69.2 Å². The number of hydrogen-bond acceptors (Lipinski definition) is 6. The average Bonchev–Trinajstić information content (AvgIpc) is 2.65. The van der Waals surface area contributed by atoms with Gasteiger partial charge in [0.1, 0.15) is 5.82 Å². The Morgan fingerprint density at radius 2 is 2.11 bits per heavy atom. The van der Waals surface area contributed by atoms with Crippen LogP contribution >= 0.6 is 0 Å². The first kappa shape index (κ1) is 20.9. The highest BCUT2D eigenvalue weighted by Crippen LogP contribution is 2.26. The number of carbonyl (C=O) groups excluding carboxylic acids is 2. The number of halogens is 1. The van der Waals surface area contributed by atoms with E-state index in [0.29, 0.717) is 32.0 Å². The first-order chi connectivity index (χ1) is 12.9. The third kappa shape index (κ3) is 6.07. The molecule has 2 N–H and O–H groups in total. The standard InChI is InChI=1S/C18H26FN3O5/c1-3-27-18(25)22(12-15(24)11-20-13(2)23)14-4-5-17(16(19)10-14)21-6-8-26-9-7-21/h4-5,10,15,24H,3,6-9,11-12H2,1-2H3,(H,20,23). The van der Waals surface area contributed by atoms with Crippen molar-refractivity contribution in [1.29, 1.82) is 0 Å². The zero-order chi connectivity index (χ0) is 19.8. The number of nitrogens with one attached hydrogen (secondary N) is 1. The van der Waals surface area contributed by atoms with Crippen LogP contribution in [-0.2, 0) is 14.3 Å². The summed E-state index contributed by atoms with van der Waals surface area (Å²) < 4.78 is 24.9. The zero-order valence-corrected chi connectivity index (χ0v) is 15.6. The molecule has 0 aliphatic carbocycles. The van der Waals surface area contributed by atoms with Crippen LogP contribution in [0, 0.1) is 5.82 Å². The fourth-order valence-corrected chi connectivity index (χ4v) is 2.75. The second-order valence-corrected chi connectivity index (χ2v) is 6.14. The molecule has 1 atom stereocenters. The Hall–Kier alpha value is -2.39. The zero-order valence-electron chi connectivity index (χ0n) is 15.6. The lowest BCUT2D eigenvalue weighted by atomic mass is 10.2. The van der Waals surface area contributed by atoms with Crippen LogP contribution in [0.25, 0.3) is 0 Å². The second-order valence-electron chi connectivity index (χ2n) is 6.14. The van der Waals surface area contributed by atoms with Gasteiger partial charge >= 0.3 is 6.09 Å². The molecular formula is C18H26FN3O5. The highest BCUT2D eigenvalue weighted by Gasteiger charge is 2.23. The lowest BCUT2D eigenvalue weighted by Crippen LogP contribution is -2.43. The van der Waals surface area contributed by atoms with Crippen molar-refractivity contribution in [1.82, 2.24) is 5.32 Å². The number of aliphatic hydroxyl groups excluding tert-OH is 1. The molecule has 1 fully saturated rings. The van der Waals surface area contributed by atoms with Gasteiger partial charge in [0.05, 0.1) is 43.8 Å². The van der Waals surface area contributed by atoms with Crippen molar-refractivity contribution < 1.29 is 28.6 Å². The quantitative estimate of drug-likeness (QED) is 0.733. The highest BCUT2D eigenvalue weighted by molar-refractivity contribution is 5.88. The van der Waals surface area contributed by atoms with Gasteiger partial charge in [0.25, 0.3) is 0 Å². The largest absolute Gasteiger partial charge is 0.449 e. The SMILES string of the molecule is CCOC(=O)N(CC(O)CNC(C)=O)c1ccc(N2CCOCC2)c(F)c1. The molecule has 1 unspecified atom stereocenters. The first-order valence-corrected chi connectivity index (χ1v) is 8.91. The van der Waals surface area contributed by atoms with E-state index in [1.165, 1.54) is 13.0 Å². The smallest absolute Gasteiger partial charge is 0.414 e. The molecule has 2 amide bonds. The molecule has 0 saturated carbocycles. The maximum atomic E-state index is 14.7. The molecule has 0 spiro atoms. The molecule has 150 valence electrons. The number of anilines is 2. The number of hydrogen-bond donors (Lipinski definition) is 2. The summed E-state index contributed by atoms with van der Waals surface area (Å²) in [6.07, 6.45) is -1.72. The van der Waals surface area contributed by atoms with Crippen LogP contribution in [0.1, 0.15) is 13.8 Å². The number of benzene rings is 1. The number of carbonyl (C=O) groups is 2. The minimum absolute atomic E-state index is 0.0282. The molecule has 1 saturated heterocycles. The Kier molecular flexibility index (Phi) is 7.81. The Morgan fingerprint density at radius 1 is 1.41 bits per heavy atom. The molecule has 2 rings (SSSR count). The van der Waals surface area contributed by atoms with Gasteiger partial charge in [-0.05, 0) is 25.1 Å². The number of rotatable bonds is 7. The van der Waals surface area contributed by atoms with Gasteiger partial charge in [-0.15, -0.1) is 0 Å². The summed E-state index contributed by atoms with van der Waals surface area (Å²) in [6.45, 7) is 5.21. The topological polar surface area (TPSA) is 91.3 Å². The van der Waals surface area contributed by atoms with Crippen LogP contribution in [0.4, 0.5) is 20.6 Å². The molecule has 8 nitrogen and oxygen atoms in total. The predicted octanol–water partition coefficient (Wildman–Crippen LogP) is 1.12. The number of aliphatic hydroxyl groups is 1. The van der Waals surface area contributed by atoms with Gasteiger partial charge in [-0.25, -0.2) is 9.18 Å². The molecule has 0 aromatic heterocycles. The number of morpholine rings is 1. The third-order valence-electron chi connectivity index (χ3n) is 4.06. The van der Waals surface area contributed by atoms with Gasteiger partial charge in [0.2, 0.25) is 5.91 Å². The Labute approximate surface area is 157 Å². The van der Waals surface area contributed by atoms with Crippen LogP contribution < -0.4 is 15.1 Å². The maximum Gasteiger partial charge on any atom is 0.414 e. The monoisotopic (exact) mass is 383 g/mol. The highest BCUT2D eigenvalue weighted by atomic mass is 19.1. The van der Waals surface area contributed by atoms with E-state index in [1.807, 2.05) is 4.90 Å². The van der Waals surface area contributed by atoms with Gasteiger partial charge in [0, 0.05) is 26.6 Å². The van der Waals surface area contributed by atoms with Crippen molar-refractivity contribution in [3.05, 3.63) is 24.0 Å². The molecule has 1 aliphatic rings. The van der Waals surface area contributed by atoms with E-state index in [1.54, 1.807) is 19.1 Å². The van der Waals surface area contributed by atoms with Crippen molar-refractivity contribution in [3.63, 3.8) is 0 Å². The molecule has 1 aromatic carbocycles. The number of amides is 2. The summed E-state index contributed by atoms with van der Waals surface area (Å²) in [5, 5.41) is 12.6. The van der Waals surface area contributed by atoms with E-state index in [4.69, 9.17) is 9.47 Å². The molecular weight excluding hydrogens is 357 g/mol. The summed E-state index contributed by atoms with van der Waals surface area (Å²) in [5.41, 5.74) is 0.703. The number of ether oxygens (including phenoxy) is 2. The summed E-state index contributed by atoms with van der Waals surface area (Å²) in [4.78, 5) is 26.3. The third-order valence-corrected chi connectivity index (χ3v) is 4.06. The van der Waals surface area contributed by atoms with Gasteiger partial charge < -0.3 is 24.8 Å². The minimum Gasteiger partial charge on any atom is -0.449 e. The molecule has 27 heavy (non-hydrogen) atoms. The van der Waals surface area contributed by atoms with Crippen LogP contribution in [0.5, 0.6) is 0 Å². The maximum absolute atomic E-state index is 14.7. The second kappa shape index (κ2) is 10.1. The number of nitrogens with zero attached hydrogens (tertiary/aromatic N) is 2. The van der Waals surface area contributed by atoms with Crippen molar-refractivity contribution in [2.24, 2.45) is 0 Å². The van der Waals surface area contributed by atoms with Crippen molar-refractivity contribution >= 4 is 23.4 Å². The molecule has 1 aromatic rings. The van der Waals surface area contributed by atoms with E-state index in [2.05, 4.69) is 5.32 Å². The summed E-state index contributed by atoms with van der Waals surface area (Å²) in [6, 6.07) is 4.45. The van der Waals surface area contributed by atoms with E-state index in [9.17, 15) is 19.1 Å².